The van der Waals surface area contributed by atoms with Crippen molar-refractivity contribution >= 4 is 27.1 Å². The molecule has 9 heteroatoms. The molecule has 4 rings (SSSR count). The van der Waals surface area contributed by atoms with Gasteiger partial charge in [-0.2, -0.15) is 0 Å². The number of nitrogens with one attached hydrogen (secondary N) is 1. The maximum atomic E-state index is 13.0. The molecule has 32 heavy (non-hydrogen) atoms. The number of rotatable bonds is 7. The van der Waals surface area contributed by atoms with Gasteiger partial charge in [0.05, 0.1) is 16.1 Å². The topological polar surface area (TPSA) is 102 Å². The Balaban J connectivity index is 1.47. The summed E-state index contributed by atoms with van der Waals surface area (Å²) in [6, 6.07) is 17.8. The summed E-state index contributed by atoms with van der Waals surface area (Å²) in [5, 5.41) is 11.1. The molecule has 0 radical (unpaired) electrons. The molecule has 7 nitrogen and oxygen atoms in total. The summed E-state index contributed by atoms with van der Waals surface area (Å²) in [4.78, 5) is 13.5. The van der Waals surface area contributed by atoms with Gasteiger partial charge in [0.25, 0.3) is 5.91 Å². The Morgan fingerprint density at radius 1 is 1.03 bits per heavy atom. The Kier molecular flexibility index (Phi) is 6.61. The minimum Gasteiger partial charge on any atom is -0.457 e. The van der Waals surface area contributed by atoms with Gasteiger partial charge in [-0.25, -0.2) is 13.9 Å². The third kappa shape index (κ3) is 4.86. The van der Waals surface area contributed by atoms with Crippen molar-refractivity contribution in [3.63, 3.8) is 0 Å². The Morgan fingerprint density at radius 2 is 1.66 bits per heavy atom. The molecule has 3 aromatic rings. The SMILES string of the molecule is O=C(NO)C1(CS(=O)(=O)c2ccc(Oc3ccc(-c4cccs4)cc3)cc2)CCOCC1. The quantitative estimate of drug-likeness (QED) is 0.392. The van der Waals surface area contributed by atoms with Gasteiger partial charge in [-0.05, 0) is 78.4 Å². The van der Waals surface area contributed by atoms with E-state index in [2.05, 4.69) is 0 Å². The fraction of sp³-hybridized carbons (Fsp3) is 0.261. The number of hydroxylamine groups is 1. The standard InChI is InChI=1S/C23H23NO6S2/c25-22(24-26)23(11-13-29-14-12-23)16-32(27,28)20-9-7-19(8-10-20)30-18-5-3-17(4-6-18)21-2-1-15-31-21/h1-10,15,26H,11-14,16H2,(H,24,25). The molecule has 0 aliphatic carbocycles. The molecule has 1 saturated heterocycles. The number of benzene rings is 2. The van der Waals surface area contributed by atoms with Gasteiger partial charge < -0.3 is 9.47 Å². The highest BCUT2D eigenvalue weighted by Crippen LogP contribution is 2.35. The summed E-state index contributed by atoms with van der Waals surface area (Å²) < 4.78 is 37.1. The maximum absolute atomic E-state index is 13.0. The summed E-state index contributed by atoms with van der Waals surface area (Å²) in [6.07, 6.45) is 0.447. The highest BCUT2D eigenvalue weighted by atomic mass is 32.2. The molecule has 0 spiro atoms. The highest BCUT2D eigenvalue weighted by Gasteiger charge is 2.44. The van der Waals surface area contributed by atoms with E-state index >= 15 is 0 Å². The summed E-state index contributed by atoms with van der Waals surface area (Å²) in [7, 11) is -3.78. The van der Waals surface area contributed by atoms with E-state index in [-0.39, 0.29) is 31.0 Å². The molecule has 0 unspecified atom stereocenters. The van der Waals surface area contributed by atoms with Crippen LogP contribution in [0.5, 0.6) is 11.5 Å². The molecule has 1 aliphatic rings. The lowest BCUT2D eigenvalue weighted by Gasteiger charge is -2.34. The molecule has 1 aromatic heterocycles. The minimum absolute atomic E-state index is 0.0921. The molecule has 2 N–H and O–H groups in total. The molecule has 0 saturated carbocycles. The molecule has 2 aromatic carbocycles. The van der Waals surface area contributed by atoms with Crippen LogP contribution in [0.1, 0.15) is 12.8 Å². The van der Waals surface area contributed by atoms with Crippen LogP contribution >= 0.6 is 11.3 Å². The van der Waals surface area contributed by atoms with E-state index in [4.69, 9.17) is 14.7 Å². The van der Waals surface area contributed by atoms with Gasteiger partial charge in [0.15, 0.2) is 9.84 Å². The molecule has 168 valence electrons. The average molecular weight is 474 g/mol. The molecule has 1 amide bonds. The molecule has 1 aliphatic heterocycles. The van der Waals surface area contributed by atoms with Gasteiger partial charge in [-0.15, -0.1) is 11.3 Å². The van der Waals surface area contributed by atoms with Crippen molar-refractivity contribution in [1.82, 2.24) is 5.48 Å². The molecular weight excluding hydrogens is 450 g/mol. The predicted octanol–water partition coefficient (Wildman–Crippen LogP) is 4.28. The van der Waals surface area contributed by atoms with Crippen molar-refractivity contribution in [1.29, 1.82) is 0 Å². The van der Waals surface area contributed by atoms with E-state index in [0.717, 1.165) is 5.56 Å². The van der Waals surface area contributed by atoms with Gasteiger partial charge >= 0.3 is 0 Å². The second-order valence-electron chi connectivity index (χ2n) is 7.67. The smallest absolute Gasteiger partial charge is 0.250 e. The lowest BCUT2D eigenvalue weighted by atomic mass is 9.81. The van der Waals surface area contributed by atoms with Crippen LogP contribution in [0.2, 0.25) is 0 Å². The van der Waals surface area contributed by atoms with E-state index in [1.54, 1.807) is 28.9 Å². The maximum Gasteiger partial charge on any atom is 0.250 e. The van der Waals surface area contributed by atoms with Crippen LogP contribution in [0, 0.1) is 5.41 Å². The number of sulfone groups is 1. The third-order valence-corrected chi connectivity index (χ3v) is 8.42. The molecular formula is C23H23NO6S2. The summed E-state index contributed by atoms with van der Waals surface area (Å²) in [6.45, 7) is 0.530. The molecule has 0 bridgehead atoms. The normalized spacial score (nSPS) is 15.8. The van der Waals surface area contributed by atoms with Gasteiger partial charge in [-0.1, -0.05) is 6.07 Å². The van der Waals surface area contributed by atoms with Crippen LogP contribution in [-0.2, 0) is 19.4 Å². The predicted molar refractivity (Wildman–Crippen MR) is 121 cm³/mol. The van der Waals surface area contributed by atoms with E-state index in [9.17, 15) is 13.2 Å². The summed E-state index contributed by atoms with van der Waals surface area (Å²) >= 11 is 1.66. The minimum atomic E-state index is -3.78. The van der Waals surface area contributed by atoms with Crippen LogP contribution < -0.4 is 10.2 Å². The monoisotopic (exact) mass is 473 g/mol. The van der Waals surface area contributed by atoms with Crippen LogP contribution in [0.25, 0.3) is 10.4 Å². The number of carbonyl (C=O) groups is 1. The zero-order valence-electron chi connectivity index (χ0n) is 17.2. The third-order valence-electron chi connectivity index (χ3n) is 5.58. The van der Waals surface area contributed by atoms with Crippen molar-refractivity contribution < 1.29 is 27.9 Å². The Labute approximate surface area is 190 Å². The zero-order valence-corrected chi connectivity index (χ0v) is 18.8. The first kappa shape index (κ1) is 22.5. The first-order valence-electron chi connectivity index (χ1n) is 10.1. The van der Waals surface area contributed by atoms with E-state index in [0.29, 0.717) is 11.5 Å². The second-order valence-corrected chi connectivity index (χ2v) is 10.6. The van der Waals surface area contributed by atoms with Crippen molar-refractivity contribution in [3.05, 3.63) is 66.0 Å². The largest absolute Gasteiger partial charge is 0.457 e. The van der Waals surface area contributed by atoms with Crippen molar-refractivity contribution in [2.24, 2.45) is 5.41 Å². The van der Waals surface area contributed by atoms with Crippen molar-refractivity contribution in [2.45, 2.75) is 17.7 Å². The lowest BCUT2D eigenvalue weighted by molar-refractivity contribution is -0.143. The van der Waals surface area contributed by atoms with Gasteiger partial charge in [0, 0.05) is 18.1 Å². The summed E-state index contributed by atoms with van der Waals surface area (Å²) in [5.41, 5.74) is 1.50. The second kappa shape index (κ2) is 9.41. The summed E-state index contributed by atoms with van der Waals surface area (Å²) in [5.74, 6) is 0.0406. The number of thiophene rings is 1. The van der Waals surface area contributed by atoms with Crippen LogP contribution in [-0.4, -0.2) is 38.5 Å². The number of hydrogen-bond acceptors (Lipinski definition) is 7. The van der Waals surface area contributed by atoms with Crippen LogP contribution in [0.4, 0.5) is 0 Å². The fourth-order valence-corrected chi connectivity index (χ4v) is 6.34. The Hall–Kier alpha value is -2.72. The first-order valence-corrected chi connectivity index (χ1v) is 12.6. The highest BCUT2D eigenvalue weighted by molar-refractivity contribution is 7.91. The van der Waals surface area contributed by atoms with E-state index < -0.39 is 26.9 Å². The van der Waals surface area contributed by atoms with E-state index in [1.807, 2.05) is 41.8 Å². The number of ether oxygens (including phenoxy) is 2. The molecule has 2 heterocycles. The number of hydrogen-bond donors (Lipinski definition) is 2. The molecule has 1 fully saturated rings. The number of amides is 1. The van der Waals surface area contributed by atoms with Crippen molar-refractivity contribution in [2.75, 3.05) is 19.0 Å². The van der Waals surface area contributed by atoms with Crippen LogP contribution in [0.15, 0.2) is 70.9 Å². The van der Waals surface area contributed by atoms with Gasteiger partial charge in [0.2, 0.25) is 0 Å². The Morgan fingerprint density at radius 3 is 2.22 bits per heavy atom. The fourth-order valence-electron chi connectivity index (χ4n) is 3.75. The van der Waals surface area contributed by atoms with Crippen LogP contribution in [0.3, 0.4) is 0 Å². The average Bonchev–Trinajstić information content (AvgIpc) is 3.35. The van der Waals surface area contributed by atoms with Crippen molar-refractivity contribution in [3.8, 4) is 21.9 Å². The lowest BCUT2D eigenvalue weighted by Crippen LogP contribution is -2.47. The first-order chi connectivity index (χ1) is 15.4. The van der Waals surface area contributed by atoms with Gasteiger partial charge in [0.1, 0.15) is 11.5 Å². The number of carbonyl (C=O) groups excluding carboxylic acids is 1. The van der Waals surface area contributed by atoms with E-state index in [1.165, 1.54) is 17.0 Å². The van der Waals surface area contributed by atoms with Gasteiger partial charge in [-0.3, -0.25) is 10.0 Å². The zero-order chi connectivity index (χ0) is 22.6. The Bertz CT molecular complexity index is 1150. The molecule has 0 atom stereocenters.